The molecule has 0 radical (unpaired) electrons. The van der Waals surface area contributed by atoms with Gasteiger partial charge in [-0.3, -0.25) is 0 Å². The Bertz CT molecular complexity index is 824. The van der Waals surface area contributed by atoms with Crippen LogP contribution in [0.2, 0.25) is 0 Å². The Morgan fingerprint density at radius 3 is 2.43 bits per heavy atom. The number of rotatable bonds is 3. The predicted molar refractivity (Wildman–Crippen MR) is 73.5 cm³/mol. The first kappa shape index (κ1) is 13.8. The minimum absolute atomic E-state index is 0.0413. The fourth-order valence-electron chi connectivity index (χ4n) is 2.16. The molecule has 3 nitrogen and oxygen atoms in total. The van der Waals surface area contributed by atoms with E-state index in [1.807, 2.05) is 0 Å². The highest BCUT2D eigenvalue weighted by Crippen LogP contribution is 2.35. The van der Waals surface area contributed by atoms with E-state index in [0.29, 0.717) is 5.75 Å². The van der Waals surface area contributed by atoms with Crippen LogP contribution in [0.1, 0.15) is 5.56 Å². The van der Waals surface area contributed by atoms with Crippen LogP contribution in [0.5, 0.6) is 5.75 Å². The third-order valence-electron chi connectivity index (χ3n) is 3.11. The van der Waals surface area contributed by atoms with Gasteiger partial charge in [-0.25, -0.2) is 17.2 Å². The van der Waals surface area contributed by atoms with Gasteiger partial charge >= 0.3 is 0 Å². The zero-order chi connectivity index (χ0) is 15.0. The average Bonchev–Trinajstić information content (AvgIpc) is 2.71. The first-order chi connectivity index (χ1) is 9.97. The van der Waals surface area contributed by atoms with Crippen molar-refractivity contribution in [1.29, 1.82) is 0 Å². The molecule has 0 atom stereocenters. The molecule has 0 amide bonds. The van der Waals surface area contributed by atoms with Crippen LogP contribution >= 0.6 is 0 Å². The summed E-state index contributed by atoms with van der Waals surface area (Å²) in [6.45, 7) is -0.112. The molecule has 0 aromatic heterocycles. The lowest BCUT2D eigenvalue weighted by Gasteiger charge is -2.08. The topological polar surface area (TPSA) is 43.4 Å². The smallest absolute Gasteiger partial charge is 0.200 e. The Hall–Kier alpha value is -2.21. The van der Waals surface area contributed by atoms with E-state index in [1.165, 1.54) is 42.5 Å². The van der Waals surface area contributed by atoms with Crippen molar-refractivity contribution in [3.63, 3.8) is 0 Å². The van der Waals surface area contributed by atoms with Gasteiger partial charge in [0.1, 0.15) is 24.0 Å². The summed E-state index contributed by atoms with van der Waals surface area (Å²) in [6.07, 6.45) is 0. The van der Waals surface area contributed by atoms with E-state index >= 15 is 0 Å². The Morgan fingerprint density at radius 1 is 1.00 bits per heavy atom. The Labute approximate surface area is 120 Å². The van der Waals surface area contributed by atoms with Crippen molar-refractivity contribution in [3.8, 4) is 5.75 Å². The molecule has 21 heavy (non-hydrogen) atoms. The first-order valence-corrected chi connectivity index (χ1v) is 7.65. The third kappa shape index (κ3) is 2.54. The van der Waals surface area contributed by atoms with Crippen LogP contribution in [0, 0.1) is 11.6 Å². The van der Waals surface area contributed by atoms with Crippen molar-refractivity contribution in [3.05, 3.63) is 65.1 Å². The molecule has 0 saturated carbocycles. The minimum Gasteiger partial charge on any atom is -0.489 e. The van der Waals surface area contributed by atoms with Crippen molar-refractivity contribution >= 4 is 15.4 Å². The summed E-state index contributed by atoms with van der Waals surface area (Å²) in [5.41, 5.74) is 0.284. The lowest BCUT2D eigenvalue weighted by atomic mass is 10.1. The monoisotopic (exact) mass is 308 g/mol. The Kier molecular flexibility index (Phi) is 3.25. The molecule has 108 valence electrons. The first-order valence-electron chi connectivity index (χ1n) is 6.10. The predicted octanol–water partition coefficient (Wildman–Crippen LogP) is 3.17. The molecule has 0 unspecified atom stereocenters. The molecule has 0 N–H and O–H groups in total. The van der Waals surface area contributed by atoms with E-state index in [9.17, 15) is 17.2 Å². The van der Waals surface area contributed by atoms with Gasteiger partial charge in [0.15, 0.2) is 0 Å². The molecule has 1 aliphatic heterocycles. The van der Waals surface area contributed by atoms with Gasteiger partial charge in [0.25, 0.3) is 0 Å². The van der Waals surface area contributed by atoms with Gasteiger partial charge in [-0.1, -0.05) is 6.07 Å². The fourth-order valence-corrected chi connectivity index (χ4v) is 3.63. The summed E-state index contributed by atoms with van der Waals surface area (Å²) in [5.74, 6) is -0.636. The second-order valence-corrected chi connectivity index (χ2v) is 6.31. The van der Waals surface area contributed by atoms with Crippen LogP contribution in [0.4, 0.5) is 8.78 Å². The van der Waals surface area contributed by atoms with E-state index in [0.717, 1.165) is 5.41 Å². The highest BCUT2D eigenvalue weighted by atomic mass is 32.2. The summed E-state index contributed by atoms with van der Waals surface area (Å²) in [7, 11) is -3.63. The summed E-state index contributed by atoms with van der Waals surface area (Å²) >= 11 is 0. The normalized spacial score (nSPS) is 15.4. The maximum Gasteiger partial charge on any atom is 0.200 e. The lowest BCUT2D eigenvalue weighted by Crippen LogP contribution is -2.01. The Balaban J connectivity index is 1.89. The van der Waals surface area contributed by atoms with Gasteiger partial charge in [-0.2, -0.15) is 0 Å². The third-order valence-corrected chi connectivity index (χ3v) is 4.66. The highest BCUT2D eigenvalue weighted by molar-refractivity contribution is 7.95. The average molecular weight is 308 g/mol. The van der Waals surface area contributed by atoms with Crippen LogP contribution < -0.4 is 4.74 Å². The van der Waals surface area contributed by atoms with Crippen molar-refractivity contribution in [1.82, 2.24) is 0 Å². The quantitative estimate of drug-likeness (QED) is 0.874. The number of sulfone groups is 1. The van der Waals surface area contributed by atoms with E-state index in [1.54, 1.807) is 0 Å². The molecule has 0 saturated heterocycles. The van der Waals surface area contributed by atoms with Crippen molar-refractivity contribution in [2.45, 2.75) is 4.90 Å². The van der Waals surface area contributed by atoms with Gasteiger partial charge in [0.05, 0.1) is 4.90 Å². The van der Waals surface area contributed by atoms with E-state index in [-0.39, 0.29) is 22.6 Å². The number of benzene rings is 2. The maximum atomic E-state index is 13.9. The van der Waals surface area contributed by atoms with Gasteiger partial charge in [0.2, 0.25) is 9.84 Å². The van der Waals surface area contributed by atoms with E-state index in [2.05, 4.69) is 0 Å². The largest absolute Gasteiger partial charge is 0.489 e. The molecule has 2 aromatic rings. The standard InChI is InChI=1S/C15H10F2O3S/c16-11-4-6-12(7-5-11)20-8-10-9-21(18,19)14-3-1-2-13(17)15(10)14/h1-7,9H,8H2. The minimum atomic E-state index is -3.63. The molecule has 1 aliphatic rings. The van der Waals surface area contributed by atoms with Crippen LogP contribution in [-0.4, -0.2) is 15.0 Å². The molecule has 6 heteroatoms. The van der Waals surface area contributed by atoms with Crippen molar-refractivity contribution in [2.24, 2.45) is 0 Å². The zero-order valence-corrected chi connectivity index (χ0v) is 11.5. The lowest BCUT2D eigenvalue weighted by molar-refractivity contribution is 0.368. The van der Waals surface area contributed by atoms with Crippen LogP contribution in [-0.2, 0) is 9.84 Å². The van der Waals surface area contributed by atoms with Crippen molar-refractivity contribution in [2.75, 3.05) is 6.61 Å². The zero-order valence-electron chi connectivity index (χ0n) is 10.7. The number of halogens is 2. The van der Waals surface area contributed by atoms with Crippen LogP contribution in [0.3, 0.4) is 0 Å². The molecule has 1 heterocycles. The van der Waals surface area contributed by atoms with Gasteiger partial charge in [0, 0.05) is 16.5 Å². The molecule has 0 fully saturated rings. The summed E-state index contributed by atoms with van der Waals surface area (Å²) in [5, 5.41) is 1.00. The second-order valence-electron chi connectivity index (χ2n) is 4.54. The maximum absolute atomic E-state index is 13.9. The number of fused-ring (bicyclic) bond motifs is 1. The number of hydrogen-bond acceptors (Lipinski definition) is 3. The van der Waals surface area contributed by atoms with E-state index < -0.39 is 21.5 Å². The molecule has 0 aliphatic carbocycles. The SMILES string of the molecule is O=S1(=O)C=C(COc2ccc(F)cc2)c2c(F)cccc21. The number of hydrogen-bond donors (Lipinski definition) is 0. The fraction of sp³-hybridized carbons (Fsp3) is 0.0667. The highest BCUT2D eigenvalue weighted by Gasteiger charge is 2.29. The second kappa shape index (κ2) is 4.96. The van der Waals surface area contributed by atoms with E-state index in [4.69, 9.17) is 4.74 Å². The van der Waals surface area contributed by atoms with Crippen LogP contribution in [0.15, 0.2) is 52.8 Å². The van der Waals surface area contributed by atoms with Gasteiger partial charge in [-0.05, 0) is 36.4 Å². The van der Waals surface area contributed by atoms with Crippen LogP contribution in [0.25, 0.3) is 5.57 Å². The molecular formula is C15H10F2O3S. The molecule has 0 bridgehead atoms. The molecular weight excluding hydrogens is 298 g/mol. The Morgan fingerprint density at radius 2 is 1.71 bits per heavy atom. The van der Waals surface area contributed by atoms with Gasteiger partial charge < -0.3 is 4.74 Å². The summed E-state index contributed by atoms with van der Waals surface area (Å²) in [6, 6.07) is 9.19. The van der Waals surface area contributed by atoms with Gasteiger partial charge in [-0.15, -0.1) is 0 Å². The molecule has 2 aromatic carbocycles. The molecule has 3 rings (SSSR count). The summed E-state index contributed by atoms with van der Waals surface area (Å²) in [4.78, 5) is -0.0554. The summed E-state index contributed by atoms with van der Waals surface area (Å²) < 4.78 is 55.9. The number of ether oxygens (including phenoxy) is 1. The van der Waals surface area contributed by atoms with Crippen molar-refractivity contribution < 1.29 is 21.9 Å². The molecule has 0 spiro atoms.